The number of rotatable bonds is 3. The average molecular weight is 366 g/mol. The summed E-state index contributed by atoms with van der Waals surface area (Å²) in [5.74, 6) is -0.921. The van der Waals surface area contributed by atoms with Crippen molar-refractivity contribution < 1.29 is 22.7 Å². The van der Waals surface area contributed by atoms with Crippen LogP contribution in [-0.2, 0) is 30.4 Å². The van der Waals surface area contributed by atoms with Crippen LogP contribution in [0.4, 0.5) is 18.0 Å². The number of aromatic nitrogens is 2. The van der Waals surface area contributed by atoms with Crippen molar-refractivity contribution >= 4 is 18.9 Å². The summed E-state index contributed by atoms with van der Waals surface area (Å²) in [6.07, 6.45) is -4.78. The monoisotopic (exact) mass is 366 g/mol. The largest absolute Gasteiger partial charge is 0.449 e. The summed E-state index contributed by atoms with van der Waals surface area (Å²) in [6, 6.07) is 0. The molecule has 1 aromatic rings. The molecule has 136 valence electrons. The fourth-order valence-electron chi connectivity index (χ4n) is 2.51. The molecule has 1 aromatic heterocycles. The molecular weight excluding hydrogens is 345 g/mol. The van der Waals surface area contributed by atoms with Gasteiger partial charge in [0, 0.05) is 26.1 Å². The minimum Gasteiger partial charge on any atom is -0.444 e. The first-order chi connectivity index (χ1) is 11.0. The van der Waals surface area contributed by atoms with Crippen molar-refractivity contribution in [2.45, 2.75) is 52.1 Å². The molecular formula is C14H21F3N4O2S. The number of alkyl halides is 3. The Morgan fingerprint density at radius 2 is 2.00 bits per heavy atom. The second-order valence-corrected chi connectivity index (χ2v) is 6.85. The van der Waals surface area contributed by atoms with Gasteiger partial charge >= 0.3 is 12.3 Å². The lowest BCUT2D eigenvalue weighted by Crippen LogP contribution is -2.42. The number of hydrogen-bond acceptors (Lipinski definition) is 5. The van der Waals surface area contributed by atoms with E-state index in [1.165, 1.54) is 4.90 Å². The van der Waals surface area contributed by atoms with E-state index >= 15 is 0 Å². The van der Waals surface area contributed by atoms with Crippen LogP contribution < -0.4 is 4.72 Å². The Morgan fingerprint density at radius 3 is 2.54 bits per heavy atom. The number of ether oxygens (including phenoxy) is 1. The van der Waals surface area contributed by atoms with Gasteiger partial charge in [0.15, 0.2) is 0 Å². The lowest BCUT2D eigenvalue weighted by Gasteiger charge is -2.31. The number of amides is 1. The SMILES string of the molecule is CC(C)(C)OC(=O)N1CCn2c(C(F)(F)F)nc(CCNS)c2C1. The summed E-state index contributed by atoms with van der Waals surface area (Å²) in [6.45, 7) is 5.81. The van der Waals surface area contributed by atoms with Crippen LogP contribution in [0.1, 0.15) is 38.0 Å². The second-order valence-electron chi connectivity index (χ2n) is 6.54. The zero-order chi connectivity index (χ0) is 18.1. The summed E-state index contributed by atoms with van der Waals surface area (Å²) in [7, 11) is 0. The first-order valence-electron chi connectivity index (χ1n) is 7.53. The lowest BCUT2D eigenvalue weighted by molar-refractivity contribution is -0.147. The standard InChI is InChI=1S/C14H21F3N4O2S/c1-13(2,3)23-12(22)20-6-7-21-10(8-20)9(4-5-18-24)19-11(21)14(15,16)17/h18,24H,4-8H2,1-3H3. The first kappa shape index (κ1) is 18.9. The van der Waals surface area contributed by atoms with Gasteiger partial charge in [0.2, 0.25) is 5.82 Å². The molecule has 0 saturated carbocycles. The molecule has 1 amide bonds. The van der Waals surface area contributed by atoms with E-state index in [0.29, 0.717) is 17.9 Å². The molecule has 1 aliphatic rings. The van der Waals surface area contributed by atoms with Crippen LogP contribution >= 0.6 is 12.8 Å². The zero-order valence-electron chi connectivity index (χ0n) is 13.8. The molecule has 2 heterocycles. The third kappa shape index (κ3) is 4.35. The van der Waals surface area contributed by atoms with Crippen LogP contribution in [-0.4, -0.2) is 39.2 Å². The number of carbonyl (C=O) groups is 1. The van der Waals surface area contributed by atoms with Crippen molar-refractivity contribution in [3.8, 4) is 0 Å². The number of fused-ring (bicyclic) bond motifs is 1. The molecule has 0 atom stereocenters. The topological polar surface area (TPSA) is 59.4 Å². The molecule has 0 radical (unpaired) electrons. The van der Waals surface area contributed by atoms with Crippen LogP contribution in [0.5, 0.6) is 0 Å². The number of hydrogen-bond donors (Lipinski definition) is 2. The van der Waals surface area contributed by atoms with Crippen molar-refractivity contribution in [2.24, 2.45) is 0 Å². The Bertz CT molecular complexity index is 610. The van der Waals surface area contributed by atoms with Crippen molar-refractivity contribution in [3.05, 3.63) is 17.2 Å². The van der Waals surface area contributed by atoms with Gasteiger partial charge in [0.05, 0.1) is 17.9 Å². The van der Waals surface area contributed by atoms with Gasteiger partial charge in [-0.15, -0.1) is 0 Å². The molecule has 0 saturated heterocycles. The van der Waals surface area contributed by atoms with Crippen molar-refractivity contribution in [1.29, 1.82) is 0 Å². The van der Waals surface area contributed by atoms with Crippen LogP contribution in [0.25, 0.3) is 0 Å². The molecule has 0 bridgehead atoms. The molecule has 0 unspecified atom stereocenters. The number of carbonyl (C=O) groups excluding carboxylic acids is 1. The summed E-state index contributed by atoms with van der Waals surface area (Å²) in [5.41, 5.74) is 0.0465. The predicted octanol–water partition coefficient (Wildman–Crippen LogP) is 2.63. The fourth-order valence-corrected chi connectivity index (χ4v) is 2.62. The summed E-state index contributed by atoms with van der Waals surface area (Å²) in [5, 5.41) is 0. The van der Waals surface area contributed by atoms with Gasteiger partial charge in [-0.25, -0.2) is 9.78 Å². The Balaban J connectivity index is 2.28. The van der Waals surface area contributed by atoms with Crippen molar-refractivity contribution in [1.82, 2.24) is 19.2 Å². The normalized spacial score (nSPS) is 15.4. The van der Waals surface area contributed by atoms with E-state index in [9.17, 15) is 18.0 Å². The molecule has 24 heavy (non-hydrogen) atoms. The first-order valence-corrected chi connectivity index (χ1v) is 7.98. The van der Waals surface area contributed by atoms with E-state index < -0.39 is 23.7 Å². The molecule has 0 aliphatic carbocycles. The van der Waals surface area contributed by atoms with Gasteiger partial charge in [0.1, 0.15) is 5.60 Å². The number of halogens is 3. The minimum atomic E-state index is -4.53. The summed E-state index contributed by atoms with van der Waals surface area (Å²) < 4.78 is 48.6. The van der Waals surface area contributed by atoms with E-state index in [-0.39, 0.29) is 26.1 Å². The molecule has 1 aliphatic heterocycles. The third-order valence-electron chi connectivity index (χ3n) is 3.47. The highest BCUT2D eigenvalue weighted by Crippen LogP contribution is 2.32. The van der Waals surface area contributed by atoms with Gasteiger partial charge in [-0.1, -0.05) is 12.8 Å². The molecule has 2 rings (SSSR count). The average Bonchev–Trinajstić information content (AvgIpc) is 2.81. The number of thiol groups is 1. The smallest absolute Gasteiger partial charge is 0.444 e. The molecule has 1 N–H and O–H groups in total. The number of nitrogens with one attached hydrogen (secondary N) is 1. The van der Waals surface area contributed by atoms with Crippen LogP contribution in [0.3, 0.4) is 0 Å². The van der Waals surface area contributed by atoms with Crippen molar-refractivity contribution in [3.63, 3.8) is 0 Å². The van der Waals surface area contributed by atoms with Gasteiger partial charge < -0.3 is 14.2 Å². The van der Waals surface area contributed by atoms with E-state index in [2.05, 4.69) is 22.5 Å². The molecule has 10 heteroatoms. The van der Waals surface area contributed by atoms with Gasteiger partial charge in [0.25, 0.3) is 0 Å². The number of imidazole rings is 1. The van der Waals surface area contributed by atoms with Gasteiger partial charge in [-0.05, 0) is 20.8 Å². The minimum absolute atomic E-state index is 0.0325. The van der Waals surface area contributed by atoms with Crippen LogP contribution in [0.15, 0.2) is 0 Å². The molecule has 0 aromatic carbocycles. The Labute approximate surface area is 143 Å². The Hall–Kier alpha value is -1.42. The molecule has 0 fully saturated rings. The quantitative estimate of drug-likeness (QED) is 0.808. The molecule has 6 nitrogen and oxygen atoms in total. The fraction of sp³-hybridized carbons (Fsp3) is 0.714. The van der Waals surface area contributed by atoms with Crippen LogP contribution in [0, 0.1) is 0 Å². The highest BCUT2D eigenvalue weighted by Gasteiger charge is 2.40. The summed E-state index contributed by atoms with van der Waals surface area (Å²) >= 11 is 3.85. The van der Waals surface area contributed by atoms with E-state index in [0.717, 1.165) is 4.57 Å². The maximum Gasteiger partial charge on any atom is 0.449 e. The number of nitrogens with zero attached hydrogens (tertiary/aromatic N) is 3. The van der Waals surface area contributed by atoms with Crippen molar-refractivity contribution in [2.75, 3.05) is 13.1 Å². The lowest BCUT2D eigenvalue weighted by atomic mass is 10.2. The van der Waals surface area contributed by atoms with Gasteiger partial charge in [-0.3, -0.25) is 4.72 Å². The maximum atomic E-state index is 13.2. The summed E-state index contributed by atoms with van der Waals surface area (Å²) in [4.78, 5) is 17.3. The maximum absolute atomic E-state index is 13.2. The van der Waals surface area contributed by atoms with E-state index in [1.807, 2.05) is 0 Å². The Morgan fingerprint density at radius 1 is 1.33 bits per heavy atom. The van der Waals surface area contributed by atoms with E-state index in [4.69, 9.17) is 4.74 Å². The Kier molecular flexibility index (Phi) is 5.38. The predicted molar refractivity (Wildman–Crippen MR) is 84.6 cm³/mol. The third-order valence-corrected chi connectivity index (χ3v) is 3.69. The van der Waals surface area contributed by atoms with Gasteiger partial charge in [-0.2, -0.15) is 13.2 Å². The second kappa shape index (κ2) is 6.83. The van der Waals surface area contributed by atoms with E-state index in [1.54, 1.807) is 20.8 Å². The van der Waals surface area contributed by atoms with Crippen LogP contribution in [0.2, 0.25) is 0 Å². The highest BCUT2D eigenvalue weighted by molar-refractivity contribution is 7.78. The highest BCUT2D eigenvalue weighted by atomic mass is 32.1. The molecule has 0 spiro atoms. The zero-order valence-corrected chi connectivity index (χ0v) is 14.7.